The molecule has 0 amide bonds. The number of halogens is 1. The number of carbonyl (C=O) groups is 1. The Morgan fingerprint density at radius 2 is 2.11 bits per heavy atom. The highest BCUT2D eigenvalue weighted by Crippen LogP contribution is 2.17. The Morgan fingerprint density at radius 1 is 1.37 bits per heavy atom. The molecule has 1 N–H and O–H groups in total. The van der Waals surface area contributed by atoms with E-state index in [4.69, 9.17) is 16.7 Å². The van der Waals surface area contributed by atoms with Crippen molar-refractivity contribution >= 4 is 23.3 Å². The van der Waals surface area contributed by atoms with Crippen molar-refractivity contribution in [2.24, 2.45) is 0 Å². The zero-order valence-electron chi connectivity index (χ0n) is 10.2. The number of aliphatic carboxylic acids is 1. The SMILES string of the molecule is O=C(O)CN(CCn1cccn1)c1ccc(Cl)cc1. The number of hydrogen-bond acceptors (Lipinski definition) is 3. The average Bonchev–Trinajstić information content (AvgIpc) is 2.88. The Labute approximate surface area is 116 Å². The fourth-order valence-electron chi connectivity index (χ4n) is 1.77. The first kappa shape index (κ1) is 13.4. The van der Waals surface area contributed by atoms with Crippen LogP contribution in [0.15, 0.2) is 42.7 Å². The number of carboxylic acids is 1. The fourth-order valence-corrected chi connectivity index (χ4v) is 1.90. The van der Waals surface area contributed by atoms with Gasteiger partial charge in [0.05, 0.1) is 6.54 Å². The molecule has 2 aromatic rings. The van der Waals surface area contributed by atoms with Crippen LogP contribution in [0, 0.1) is 0 Å². The highest BCUT2D eigenvalue weighted by atomic mass is 35.5. The van der Waals surface area contributed by atoms with Gasteiger partial charge in [0.25, 0.3) is 0 Å². The maximum absolute atomic E-state index is 10.9. The molecule has 1 aromatic carbocycles. The van der Waals surface area contributed by atoms with E-state index in [2.05, 4.69) is 5.10 Å². The summed E-state index contributed by atoms with van der Waals surface area (Å²) in [6.45, 7) is 1.14. The normalized spacial score (nSPS) is 10.4. The monoisotopic (exact) mass is 279 g/mol. The Kier molecular flexibility index (Phi) is 4.41. The van der Waals surface area contributed by atoms with Gasteiger partial charge in [-0.1, -0.05) is 11.6 Å². The van der Waals surface area contributed by atoms with Crippen LogP contribution in [-0.2, 0) is 11.3 Å². The fraction of sp³-hybridized carbons (Fsp3) is 0.231. The molecule has 1 aromatic heterocycles. The summed E-state index contributed by atoms with van der Waals surface area (Å²) in [7, 11) is 0. The molecule has 0 aliphatic carbocycles. The molecule has 6 heteroatoms. The Balaban J connectivity index is 2.06. The number of nitrogens with zero attached hydrogens (tertiary/aromatic N) is 3. The van der Waals surface area contributed by atoms with Crippen molar-refractivity contribution in [2.45, 2.75) is 6.54 Å². The molecule has 0 bridgehead atoms. The van der Waals surface area contributed by atoms with E-state index < -0.39 is 5.97 Å². The molecule has 0 aliphatic heterocycles. The molecule has 0 radical (unpaired) electrons. The average molecular weight is 280 g/mol. The Hall–Kier alpha value is -2.01. The number of anilines is 1. The summed E-state index contributed by atoms with van der Waals surface area (Å²) < 4.78 is 1.77. The van der Waals surface area contributed by atoms with Crippen LogP contribution in [0.5, 0.6) is 0 Å². The highest BCUT2D eigenvalue weighted by Gasteiger charge is 2.10. The molecule has 0 saturated heterocycles. The van der Waals surface area contributed by atoms with Crippen molar-refractivity contribution in [1.82, 2.24) is 9.78 Å². The van der Waals surface area contributed by atoms with Crippen LogP contribution in [0.25, 0.3) is 0 Å². The van der Waals surface area contributed by atoms with Crippen molar-refractivity contribution in [3.8, 4) is 0 Å². The van der Waals surface area contributed by atoms with E-state index in [9.17, 15) is 4.79 Å². The van der Waals surface area contributed by atoms with Crippen molar-refractivity contribution in [3.63, 3.8) is 0 Å². The van der Waals surface area contributed by atoms with Gasteiger partial charge in [0, 0.05) is 29.6 Å². The number of hydrogen-bond donors (Lipinski definition) is 1. The number of carboxylic acid groups (broad SMARTS) is 1. The van der Waals surface area contributed by atoms with Crippen molar-refractivity contribution in [1.29, 1.82) is 0 Å². The zero-order valence-corrected chi connectivity index (χ0v) is 11.0. The standard InChI is InChI=1S/C13H14ClN3O2/c14-11-2-4-12(5-3-11)16(10-13(18)19)8-9-17-7-1-6-15-17/h1-7H,8-10H2,(H,18,19). The molecule has 0 fully saturated rings. The molecular formula is C13H14ClN3O2. The molecule has 0 aliphatic rings. The summed E-state index contributed by atoms with van der Waals surface area (Å²) in [5.41, 5.74) is 0.832. The van der Waals surface area contributed by atoms with Gasteiger partial charge in [0.1, 0.15) is 6.54 Å². The Bertz CT molecular complexity index is 525. The third-order valence-electron chi connectivity index (χ3n) is 2.68. The summed E-state index contributed by atoms with van der Waals surface area (Å²) in [6, 6.07) is 8.96. The van der Waals surface area contributed by atoms with Gasteiger partial charge in [0.2, 0.25) is 0 Å². The van der Waals surface area contributed by atoms with Crippen LogP contribution < -0.4 is 4.90 Å². The molecule has 0 unspecified atom stereocenters. The van der Waals surface area contributed by atoms with Gasteiger partial charge >= 0.3 is 5.97 Å². The van der Waals surface area contributed by atoms with Gasteiger partial charge in [-0.15, -0.1) is 0 Å². The summed E-state index contributed by atoms with van der Waals surface area (Å²) in [6.07, 6.45) is 3.55. The lowest BCUT2D eigenvalue weighted by molar-refractivity contribution is -0.135. The van der Waals surface area contributed by atoms with Crippen LogP contribution in [0.1, 0.15) is 0 Å². The lowest BCUT2D eigenvalue weighted by Gasteiger charge is -2.22. The first-order valence-corrected chi connectivity index (χ1v) is 6.22. The van der Waals surface area contributed by atoms with Crippen LogP contribution in [0.3, 0.4) is 0 Å². The lowest BCUT2D eigenvalue weighted by Crippen LogP contribution is -2.32. The van der Waals surface area contributed by atoms with Gasteiger partial charge in [-0.05, 0) is 30.3 Å². The summed E-state index contributed by atoms with van der Waals surface area (Å²) >= 11 is 5.83. The summed E-state index contributed by atoms with van der Waals surface area (Å²) in [4.78, 5) is 12.7. The minimum atomic E-state index is -0.865. The van der Waals surface area contributed by atoms with Crippen LogP contribution in [-0.4, -0.2) is 33.9 Å². The second-order valence-electron chi connectivity index (χ2n) is 4.06. The topological polar surface area (TPSA) is 58.4 Å². The van der Waals surface area contributed by atoms with E-state index in [0.717, 1.165) is 5.69 Å². The third-order valence-corrected chi connectivity index (χ3v) is 2.93. The smallest absolute Gasteiger partial charge is 0.323 e. The molecule has 0 spiro atoms. The maximum atomic E-state index is 10.9. The van der Waals surface area contributed by atoms with E-state index in [1.807, 2.05) is 24.4 Å². The highest BCUT2D eigenvalue weighted by molar-refractivity contribution is 6.30. The minimum Gasteiger partial charge on any atom is -0.480 e. The van der Waals surface area contributed by atoms with Gasteiger partial charge in [0.15, 0.2) is 0 Å². The van der Waals surface area contributed by atoms with Crippen LogP contribution in [0.4, 0.5) is 5.69 Å². The van der Waals surface area contributed by atoms with E-state index in [1.54, 1.807) is 27.9 Å². The molecular weight excluding hydrogens is 266 g/mol. The zero-order chi connectivity index (χ0) is 13.7. The third kappa shape index (κ3) is 3.99. The predicted octanol–water partition coefficient (Wildman–Crippen LogP) is 2.13. The van der Waals surface area contributed by atoms with Crippen LogP contribution in [0.2, 0.25) is 5.02 Å². The van der Waals surface area contributed by atoms with Crippen molar-refractivity contribution < 1.29 is 9.90 Å². The van der Waals surface area contributed by atoms with Crippen molar-refractivity contribution in [2.75, 3.05) is 18.0 Å². The molecule has 1 heterocycles. The Morgan fingerprint density at radius 3 is 2.68 bits per heavy atom. The van der Waals surface area contributed by atoms with Gasteiger partial charge in [-0.25, -0.2) is 0 Å². The maximum Gasteiger partial charge on any atom is 0.323 e. The van der Waals surface area contributed by atoms with E-state index >= 15 is 0 Å². The number of rotatable bonds is 6. The van der Waals surface area contributed by atoms with E-state index in [1.165, 1.54) is 0 Å². The van der Waals surface area contributed by atoms with Crippen molar-refractivity contribution in [3.05, 3.63) is 47.7 Å². The molecule has 0 saturated carbocycles. The summed E-state index contributed by atoms with van der Waals surface area (Å²) in [5, 5.41) is 13.7. The van der Waals surface area contributed by atoms with Gasteiger partial charge in [-0.3, -0.25) is 9.48 Å². The second kappa shape index (κ2) is 6.24. The second-order valence-corrected chi connectivity index (χ2v) is 4.50. The van der Waals surface area contributed by atoms with Crippen LogP contribution >= 0.6 is 11.6 Å². The molecule has 5 nitrogen and oxygen atoms in total. The number of aromatic nitrogens is 2. The quantitative estimate of drug-likeness (QED) is 0.880. The van der Waals surface area contributed by atoms with Gasteiger partial charge < -0.3 is 10.0 Å². The molecule has 19 heavy (non-hydrogen) atoms. The molecule has 0 atom stereocenters. The molecule has 2 rings (SSSR count). The van der Waals surface area contributed by atoms with Gasteiger partial charge in [-0.2, -0.15) is 5.10 Å². The first-order chi connectivity index (χ1) is 9.15. The minimum absolute atomic E-state index is 0.0527. The van der Waals surface area contributed by atoms with E-state index in [0.29, 0.717) is 18.1 Å². The lowest BCUT2D eigenvalue weighted by atomic mass is 10.3. The largest absolute Gasteiger partial charge is 0.480 e. The molecule has 100 valence electrons. The predicted molar refractivity (Wildman–Crippen MR) is 73.5 cm³/mol. The summed E-state index contributed by atoms with van der Waals surface area (Å²) in [5.74, 6) is -0.865. The van der Waals surface area contributed by atoms with E-state index in [-0.39, 0.29) is 6.54 Å². The first-order valence-electron chi connectivity index (χ1n) is 5.85. The number of benzene rings is 1.